The van der Waals surface area contributed by atoms with E-state index >= 15 is 0 Å². The molecule has 3 rings (SSSR count). The van der Waals surface area contributed by atoms with E-state index in [2.05, 4.69) is 4.90 Å². The second kappa shape index (κ2) is 6.55. The Morgan fingerprint density at radius 1 is 1.24 bits per heavy atom. The Kier molecular flexibility index (Phi) is 4.89. The van der Waals surface area contributed by atoms with Crippen LogP contribution in [0, 0.1) is 5.41 Å². The van der Waals surface area contributed by atoms with Crippen LogP contribution in [0.2, 0.25) is 0 Å². The quantitative estimate of drug-likeness (QED) is 0.791. The van der Waals surface area contributed by atoms with E-state index in [1.54, 1.807) is 7.11 Å². The number of likely N-dealkylation sites (tertiary alicyclic amines) is 1. The number of alkyl halides is 3. The van der Waals surface area contributed by atoms with Crippen molar-refractivity contribution in [1.82, 2.24) is 4.90 Å². The first-order valence-corrected chi connectivity index (χ1v) is 10.0. The zero-order valence-corrected chi connectivity index (χ0v) is 14.9. The Bertz CT molecular complexity index is 704. The van der Waals surface area contributed by atoms with Crippen molar-refractivity contribution >= 4 is 9.84 Å². The van der Waals surface area contributed by atoms with Gasteiger partial charge in [-0.15, -0.1) is 0 Å². The molecule has 0 aromatic heterocycles. The maximum atomic E-state index is 12.6. The van der Waals surface area contributed by atoms with Crippen LogP contribution in [0.25, 0.3) is 0 Å². The summed E-state index contributed by atoms with van der Waals surface area (Å²) in [5.41, 5.74) is 0.0451. The molecule has 1 atom stereocenters. The van der Waals surface area contributed by atoms with Gasteiger partial charge in [-0.2, -0.15) is 13.2 Å². The van der Waals surface area contributed by atoms with Gasteiger partial charge in [-0.1, -0.05) is 12.1 Å². The van der Waals surface area contributed by atoms with Crippen LogP contribution in [0.4, 0.5) is 13.2 Å². The SMILES string of the molecule is CO[C@@H](Cc1ccc(C(F)(F)F)cc1)CN1CCC2(C1)CS(=O)(=O)C2. The first kappa shape index (κ1) is 18.7. The molecule has 2 aliphatic heterocycles. The summed E-state index contributed by atoms with van der Waals surface area (Å²) in [6.45, 7) is 2.24. The average Bonchev–Trinajstić information content (AvgIpc) is 2.88. The van der Waals surface area contributed by atoms with E-state index in [-0.39, 0.29) is 23.0 Å². The van der Waals surface area contributed by atoms with E-state index in [1.165, 1.54) is 12.1 Å². The molecule has 8 heteroatoms. The molecule has 25 heavy (non-hydrogen) atoms. The molecule has 2 saturated heterocycles. The molecule has 0 aliphatic carbocycles. The Morgan fingerprint density at radius 2 is 1.88 bits per heavy atom. The summed E-state index contributed by atoms with van der Waals surface area (Å²) in [6, 6.07) is 5.15. The minimum Gasteiger partial charge on any atom is -0.380 e. The first-order valence-electron chi connectivity index (χ1n) is 8.23. The van der Waals surface area contributed by atoms with Crippen LogP contribution in [0.1, 0.15) is 17.5 Å². The maximum Gasteiger partial charge on any atom is 0.416 e. The summed E-state index contributed by atoms with van der Waals surface area (Å²) in [5, 5.41) is 0. The molecule has 2 heterocycles. The number of hydrogen-bond acceptors (Lipinski definition) is 4. The minimum atomic E-state index is -4.33. The lowest BCUT2D eigenvalue weighted by atomic mass is 9.91. The molecular formula is C17H22F3NO3S. The van der Waals surface area contributed by atoms with Crippen LogP contribution >= 0.6 is 0 Å². The van der Waals surface area contributed by atoms with Gasteiger partial charge in [0.05, 0.1) is 23.2 Å². The fraction of sp³-hybridized carbons (Fsp3) is 0.647. The van der Waals surface area contributed by atoms with E-state index in [0.717, 1.165) is 37.2 Å². The number of rotatable bonds is 5. The molecule has 2 aliphatic rings. The van der Waals surface area contributed by atoms with E-state index in [1.807, 2.05) is 0 Å². The molecule has 140 valence electrons. The molecule has 4 nitrogen and oxygen atoms in total. The van der Waals surface area contributed by atoms with Crippen molar-refractivity contribution < 1.29 is 26.3 Å². The highest BCUT2D eigenvalue weighted by molar-refractivity contribution is 7.92. The largest absolute Gasteiger partial charge is 0.416 e. The Hall–Kier alpha value is -1.12. The lowest BCUT2D eigenvalue weighted by molar-refractivity contribution is -0.137. The minimum absolute atomic E-state index is 0.0918. The highest BCUT2D eigenvalue weighted by Gasteiger charge is 2.52. The lowest BCUT2D eigenvalue weighted by Gasteiger charge is -2.37. The molecule has 1 spiro atoms. The molecule has 1 aromatic carbocycles. The van der Waals surface area contributed by atoms with Crippen molar-refractivity contribution in [3.63, 3.8) is 0 Å². The van der Waals surface area contributed by atoms with E-state index in [4.69, 9.17) is 4.74 Å². The fourth-order valence-electron chi connectivity index (χ4n) is 3.91. The predicted octanol–water partition coefficient (Wildman–Crippen LogP) is 2.38. The topological polar surface area (TPSA) is 46.6 Å². The van der Waals surface area contributed by atoms with Crippen molar-refractivity contribution in [2.45, 2.75) is 25.1 Å². The third kappa shape index (κ3) is 4.35. The van der Waals surface area contributed by atoms with Gasteiger partial charge in [0, 0.05) is 25.6 Å². The third-order valence-corrected chi connectivity index (χ3v) is 7.21. The van der Waals surface area contributed by atoms with Gasteiger partial charge in [0.1, 0.15) is 0 Å². The smallest absolute Gasteiger partial charge is 0.380 e. The van der Waals surface area contributed by atoms with Crippen LogP contribution in [-0.2, 0) is 27.2 Å². The monoisotopic (exact) mass is 377 g/mol. The van der Waals surface area contributed by atoms with Gasteiger partial charge < -0.3 is 9.64 Å². The van der Waals surface area contributed by atoms with Crippen molar-refractivity contribution in [1.29, 1.82) is 0 Å². The zero-order chi connectivity index (χ0) is 18.3. The molecule has 1 aromatic rings. The Morgan fingerprint density at radius 3 is 2.40 bits per heavy atom. The van der Waals surface area contributed by atoms with Crippen LogP contribution in [0.3, 0.4) is 0 Å². The summed E-state index contributed by atoms with van der Waals surface area (Å²) < 4.78 is 66.2. The van der Waals surface area contributed by atoms with Gasteiger partial charge in [0.15, 0.2) is 9.84 Å². The fourth-order valence-corrected chi connectivity index (χ4v) is 6.17. The predicted molar refractivity (Wildman–Crippen MR) is 88.1 cm³/mol. The molecule has 0 saturated carbocycles. The molecule has 0 unspecified atom stereocenters. The zero-order valence-electron chi connectivity index (χ0n) is 14.1. The van der Waals surface area contributed by atoms with Gasteiger partial charge in [-0.25, -0.2) is 8.42 Å². The lowest BCUT2D eigenvalue weighted by Crippen LogP contribution is -2.50. The van der Waals surface area contributed by atoms with Crippen LogP contribution in [-0.4, -0.2) is 57.7 Å². The van der Waals surface area contributed by atoms with Crippen LogP contribution in [0.5, 0.6) is 0 Å². The van der Waals surface area contributed by atoms with E-state index in [0.29, 0.717) is 13.0 Å². The van der Waals surface area contributed by atoms with Gasteiger partial charge >= 0.3 is 6.18 Å². The highest BCUT2D eigenvalue weighted by atomic mass is 32.2. The van der Waals surface area contributed by atoms with Gasteiger partial charge in [-0.05, 0) is 37.1 Å². The Balaban J connectivity index is 1.55. The molecule has 0 amide bonds. The number of nitrogens with zero attached hydrogens (tertiary/aromatic N) is 1. The van der Waals surface area contributed by atoms with Gasteiger partial charge in [-0.3, -0.25) is 0 Å². The molecule has 0 radical (unpaired) electrons. The summed E-state index contributed by atoms with van der Waals surface area (Å²) in [4.78, 5) is 2.20. The number of methoxy groups -OCH3 is 1. The summed E-state index contributed by atoms with van der Waals surface area (Å²) >= 11 is 0. The number of hydrogen-bond donors (Lipinski definition) is 0. The van der Waals surface area contributed by atoms with Gasteiger partial charge in [0.2, 0.25) is 0 Å². The average molecular weight is 377 g/mol. The second-order valence-corrected chi connectivity index (χ2v) is 9.34. The number of halogens is 3. The van der Waals surface area contributed by atoms with Crippen molar-refractivity contribution in [2.75, 3.05) is 38.2 Å². The highest BCUT2D eigenvalue weighted by Crippen LogP contribution is 2.41. The first-order chi connectivity index (χ1) is 11.6. The van der Waals surface area contributed by atoms with Crippen LogP contribution in [0.15, 0.2) is 24.3 Å². The van der Waals surface area contributed by atoms with Crippen molar-refractivity contribution in [3.05, 3.63) is 35.4 Å². The van der Waals surface area contributed by atoms with E-state index < -0.39 is 21.6 Å². The normalized spacial score (nSPS) is 23.5. The molecule has 0 N–H and O–H groups in total. The third-order valence-electron chi connectivity index (χ3n) is 5.11. The second-order valence-electron chi connectivity index (χ2n) is 7.27. The van der Waals surface area contributed by atoms with Crippen LogP contribution < -0.4 is 0 Å². The molecule has 2 fully saturated rings. The standard InChI is InChI=1S/C17H22F3NO3S/c1-24-15(8-13-2-4-14(5-3-13)17(18,19)20)9-21-7-6-16(10-21)11-25(22,23)12-16/h2-5,15H,6-12H2,1H3/t15-/m0/s1. The molecular weight excluding hydrogens is 355 g/mol. The summed E-state index contributed by atoms with van der Waals surface area (Å²) in [7, 11) is -1.25. The maximum absolute atomic E-state index is 12.6. The number of benzene rings is 1. The van der Waals surface area contributed by atoms with Crippen molar-refractivity contribution in [3.8, 4) is 0 Å². The van der Waals surface area contributed by atoms with E-state index in [9.17, 15) is 21.6 Å². The Labute approximate surface area is 145 Å². The summed E-state index contributed by atoms with van der Waals surface area (Å²) in [5.74, 6) is 0.542. The van der Waals surface area contributed by atoms with Gasteiger partial charge in [0.25, 0.3) is 0 Å². The summed E-state index contributed by atoms with van der Waals surface area (Å²) in [6.07, 6.45) is -3.06. The number of sulfone groups is 1. The molecule has 0 bridgehead atoms. The number of ether oxygens (including phenoxy) is 1. The van der Waals surface area contributed by atoms with Crippen molar-refractivity contribution in [2.24, 2.45) is 5.41 Å².